The topological polar surface area (TPSA) is 155 Å². The fourth-order valence-corrected chi connectivity index (χ4v) is 5.09. The number of anilines is 1. The van der Waals surface area contributed by atoms with Crippen molar-refractivity contribution in [2.24, 2.45) is 0 Å². The molecule has 0 saturated carbocycles. The summed E-state index contributed by atoms with van der Waals surface area (Å²) < 4.78 is 30.0. The van der Waals surface area contributed by atoms with E-state index in [4.69, 9.17) is 19.7 Å². The van der Waals surface area contributed by atoms with Gasteiger partial charge in [-0.2, -0.15) is 0 Å². The summed E-state index contributed by atoms with van der Waals surface area (Å²) in [6.45, 7) is 4.42. The number of rotatable bonds is 25. The van der Waals surface area contributed by atoms with Crippen LogP contribution >= 0.6 is 7.60 Å². The van der Waals surface area contributed by atoms with E-state index in [1.807, 2.05) is 6.08 Å². The van der Waals surface area contributed by atoms with Gasteiger partial charge in [0.05, 0.1) is 38.8 Å². The number of aliphatic hydroxyl groups excluding tert-OH is 1. The van der Waals surface area contributed by atoms with E-state index in [1.165, 1.54) is 76.9 Å². The molecular weight excluding hydrogens is 521 g/mol. The monoisotopic (exact) mass is 569 g/mol. The van der Waals surface area contributed by atoms with Crippen LogP contribution in [0.3, 0.4) is 0 Å². The zero-order valence-corrected chi connectivity index (χ0v) is 24.2. The number of ether oxygens (including phenoxy) is 2. The van der Waals surface area contributed by atoms with Crippen LogP contribution in [-0.2, 0) is 25.1 Å². The number of nitrogens with two attached hydrogens (primary N) is 1. The van der Waals surface area contributed by atoms with E-state index in [-0.39, 0.29) is 32.2 Å². The number of allylic oxidation sites excluding steroid dienone is 1. The van der Waals surface area contributed by atoms with Gasteiger partial charge in [0.1, 0.15) is 18.2 Å². The lowest BCUT2D eigenvalue weighted by molar-refractivity contribution is 0.0160. The van der Waals surface area contributed by atoms with Crippen molar-refractivity contribution >= 4 is 24.6 Å². The molecule has 4 N–H and O–H groups in total. The Bertz CT molecular complexity index is 975. The van der Waals surface area contributed by atoms with Crippen molar-refractivity contribution in [3.63, 3.8) is 0 Å². The molecule has 0 spiro atoms. The van der Waals surface area contributed by atoms with Crippen LogP contribution < -0.4 is 5.73 Å². The molecule has 0 aliphatic rings. The predicted molar refractivity (Wildman–Crippen MR) is 153 cm³/mol. The third kappa shape index (κ3) is 14.4. The van der Waals surface area contributed by atoms with Gasteiger partial charge in [0.2, 0.25) is 0 Å². The number of aliphatic hydroxyl groups is 1. The number of hydrogen-bond donors (Lipinski definition) is 3. The summed E-state index contributed by atoms with van der Waals surface area (Å²) >= 11 is 0. The standard InChI is InChI=1S/C27H48N5O6P/c1-2-3-4-5-6-7-8-9-10-11-12-13-14-15-16-36-17-18-38-39(34,35)23-37-24(20-33)19-32-22-31-25-26(28)29-21-30-27(25)32/h2,21-22,24,33H,1,3-20,23H2,(H,34,35)(H2,28,29,30)/t24-/m0/s1. The summed E-state index contributed by atoms with van der Waals surface area (Å²) in [5, 5.41) is 9.64. The minimum atomic E-state index is -3.98. The molecule has 0 saturated heterocycles. The fourth-order valence-electron chi connectivity index (χ4n) is 4.25. The second kappa shape index (κ2) is 20.1. The number of unbranched alkanes of at least 4 members (excludes halogenated alkanes) is 12. The van der Waals surface area contributed by atoms with Gasteiger partial charge in [0.15, 0.2) is 11.5 Å². The van der Waals surface area contributed by atoms with E-state index in [2.05, 4.69) is 21.5 Å². The highest BCUT2D eigenvalue weighted by Gasteiger charge is 2.23. The summed E-state index contributed by atoms with van der Waals surface area (Å²) in [5.74, 6) is 0.248. The first-order valence-electron chi connectivity index (χ1n) is 14.3. The summed E-state index contributed by atoms with van der Waals surface area (Å²) in [6.07, 6.45) is 19.9. The molecule has 39 heavy (non-hydrogen) atoms. The van der Waals surface area contributed by atoms with E-state index in [0.29, 0.717) is 17.8 Å². The Labute approximate surface area is 232 Å². The third-order valence-corrected chi connectivity index (χ3v) is 7.54. The first kappa shape index (κ1) is 33.3. The molecule has 222 valence electrons. The lowest BCUT2D eigenvalue weighted by Crippen LogP contribution is -2.25. The molecule has 2 rings (SSSR count). The van der Waals surface area contributed by atoms with Gasteiger partial charge >= 0.3 is 7.60 Å². The molecule has 2 heterocycles. The quantitative estimate of drug-likeness (QED) is 0.0823. The smallest absolute Gasteiger partial charge is 0.353 e. The van der Waals surface area contributed by atoms with Crippen LogP contribution in [0.2, 0.25) is 0 Å². The van der Waals surface area contributed by atoms with Crippen molar-refractivity contribution in [3.8, 4) is 0 Å². The van der Waals surface area contributed by atoms with Gasteiger partial charge in [-0.05, 0) is 19.3 Å². The highest BCUT2D eigenvalue weighted by atomic mass is 31.2. The molecule has 2 atom stereocenters. The first-order chi connectivity index (χ1) is 19.0. The van der Waals surface area contributed by atoms with Gasteiger partial charge in [-0.3, -0.25) is 4.57 Å². The maximum absolute atomic E-state index is 12.3. The SMILES string of the molecule is C=CCCCCCCCCCCCCCCOCCOP(=O)(O)CO[C@H](CO)Cn1cnc2c(N)ncnc21. The molecule has 12 heteroatoms. The Balaban J connectivity index is 1.44. The molecule has 0 aliphatic heterocycles. The summed E-state index contributed by atoms with van der Waals surface area (Å²) in [5.41, 5.74) is 6.71. The lowest BCUT2D eigenvalue weighted by atomic mass is 10.0. The van der Waals surface area contributed by atoms with Crippen LogP contribution in [0.1, 0.15) is 83.5 Å². The predicted octanol–water partition coefficient (Wildman–Crippen LogP) is 5.22. The molecule has 11 nitrogen and oxygen atoms in total. The van der Waals surface area contributed by atoms with Crippen molar-refractivity contribution in [1.29, 1.82) is 0 Å². The number of hydrogen-bond acceptors (Lipinski definition) is 9. The Morgan fingerprint density at radius 3 is 2.23 bits per heavy atom. The summed E-state index contributed by atoms with van der Waals surface area (Å²) in [4.78, 5) is 22.2. The van der Waals surface area contributed by atoms with Gasteiger partial charge in [-0.15, -0.1) is 6.58 Å². The van der Waals surface area contributed by atoms with Crippen molar-refractivity contribution in [1.82, 2.24) is 19.5 Å². The van der Waals surface area contributed by atoms with Crippen molar-refractivity contribution in [2.75, 3.05) is 38.5 Å². The molecule has 2 aromatic rings. The zero-order chi connectivity index (χ0) is 28.2. The number of fused-ring (bicyclic) bond motifs is 1. The van der Waals surface area contributed by atoms with Crippen LogP contribution in [0, 0.1) is 0 Å². The van der Waals surface area contributed by atoms with Crippen molar-refractivity contribution in [3.05, 3.63) is 25.3 Å². The fraction of sp³-hybridized carbons (Fsp3) is 0.741. The van der Waals surface area contributed by atoms with E-state index < -0.39 is 20.0 Å². The van der Waals surface area contributed by atoms with Gasteiger partial charge in [0.25, 0.3) is 0 Å². The minimum absolute atomic E-state index is 0.00244. The average molecular weight is 570 g/mol. The largest absolute Gasteiger partial charge is 0.394 e. The van der Waals surface area contributed by atoms with Crippen LogP contribution in [0.4, 0.5) is 5.82 Å². The van der Waals surface area contributed by atoms with Crippen molar-refractivity contribution < 1.29 is 28.6 Å². The molecule has 1 unspecified atom stereocenters. The van der Waals surface area contributed by atoms with Gasteiger partial charge in [0, 0.05) is 6.61 Å². The highest BCUT2D eigenvalue weighted by molar-refractivity contribution is 7.52. The number of imidazole rings is 1. The van der Waals surface area contributed by atoms with Crippen LogP contribution in [0.25, 0.3) is 11.2 Å². The van der Waals surface area contributed by atoms with Gasteiger partial charge in [-0.25, -0.2) is 15.0 Å². The summed E-state index contributed by atoms with van der Waals surface area (Å²) in [7, 11) is -3.98. The molecule has 0 radical (unpaired) electrons. The molecule has 0 bridgehead atoms. The van der Waals surface area contributed by atoms with E-state index in [0.717, 1.165) is 19.3 Å². The van der Waals surface area contributed by atoms with Gasteiger partial charge < -0.3 is 34.3 Å². The molecule has 0 amide bonds. The van der Waals surface area contributed by atoms with E-state index >= 15 is 0 Å². The highest BCUT2D eigenvalue weighted by Crippen LogP contribution is 2.41. The average Bonchev–Trinajstić information content (AvgIpc) is 3.34. The van der Waals surface area contributed by atoms with Crippen LogP contribution in [0.15, 0.2) is 25.3 Å². The Kier molecular flexibility index (Phi) is 17.1. The Morgan fingerprint density at radius 2 is 1.59 bits per heavy atom. The Hall–Kier alpha value is -1.88. The molecule has 0 fully saturated rings. The lowest BCUT2D eigenvalue weighted by Gasteiger charge is -2.19. The minimum Gasteiger partial charge on any atom is -0.394 e. The van der Waals surface area contributed by atoms with Gasteiger partial charge in [-0.1, -0.05) is 70.3 Å². The van der Waals surface area contributed by atoms with E-state index in [9.17, 15) is 14.6 Å². The molecule has 2 aromatic heterocycles. The second-order valence-corrected chi connectivity index (χ2v) is 11.6. The summed E-state index contributed by atoms with van der Waals surface area (Å²) in [6, 6.07) is 0. The number of nitrogen functional groups attached to an aromatic ring is 1. The normalized spacial score (nSPS) is 14.0. The maximum Gasteiger partial charge on any atom is 0.353 e. The molecular formula is C27H48N5O6P. The first-order valence-corrected chi connectivity index (χ1v) is 16.0. The van der Waals surface area contributed by atoms with E-state index in [1.54, 1.807) is 4.57 Å². The maximum atomic E-state index is 12.3. The second-order valence-electron chi connectivity index (χ2n) is 9.83. The van der Waals surface area contributed by atoms with Crippen LogP contribution in [0.5, 0.6) is 0 Å². The zero-order valence-electron chi connectivity index (χ0n) is 23.3. The third-order valence-electron chi connectivity index (χ3n) is 6.47. The van der Waals surface area contributed by atoms with Crippen LogP contribution in [-0.4, -0.2) is 68.4 Å². The number of nitrogens with zero attached hydrogens (tertiary/aromatic N) is 4. The van der Waals surface area contributed by atoms with Crippen molar-refractivity contribution in [2.45, 2.75) is 96.1 Å². The molecule has 0 aliphatic carbocycles. The number of aromatic nitrogens is 4. The Morgan fingerprint density at radius 1 is 0.949 bits per heavy atom. The molecule has 0 aromatic carbocycles.